The van der Waals surface area contributed by atoms with Gasteiger partial charge in [0.25, 0.3) is 0 Å². The van der Waals surface area contributed by atoms with E-state index in [9.17, 15) is 13.6 Å². The molecule has 5 heteroatoms. The van der Waals surface area contributed by atoms with E-state index in [1.807, 2.05) is 0 Å². The minimum absolute atomic E-state index is 0.343. The van der Waals surface area contributed by atoms with Crippen molar-refractivity contribution in [3.8, 4) is 0 Å². The summed E-state index contributed by atoms with van der Waals surface area (Å²) < 4.78 is 30.5. The number of benzene rings is 1. The maximum atomic E-state index is 13.3. The minimum atomic E-state index is -3.62. The first-order chi connectivity index (χ1) is 6.50. The number of carbonyl (C=O) groups is 1. The fourth-order valence-electron chi connectivity index (χ4n) is 1.08. The van der Waals surface area contributed by atoms with Crippen molar-refractivity contribution in [3.05, 3.63) is 35.4 Å². The van der Waals surface area contributed by atoms with Gasteiger partial charge in [-0.1, -0.05) is 24.3 Å². The van der Waals surface area contributed by atoms with Crippen molar-refractivity contribution >= 4 is 22.2 Å². The average molecular weight is 265 g/mol. The van der Waals surface area contributed by atoms with Crippen LogP contribution in [0.25, 0.3) is 0 Å². The van der Waals surface area contributed by atoms with Gasteiger partial charge < -0.3 is 3.83 Å². The van der Waals surface area contributed by atoms with Gasteiger partial charge in [-0.05, 0) is 12.5 Å². The number of carbonyl (C=O) groups excluding carboxylic acids is 1. The van der Waals surface area contributed by atoms with Crippen molar-refractivity contribution in [2.75, 3.05) is 0 Å². The van der Waals surface area contributed by atoms with Gasteiger partial charge in [-0.3, -0.25) is 0 Å². The highest BCUT2D eigenvalue weighted by molar-refractivity contribution is 9.06. The lowest BCUT2D eigenvalue weighted by Gasteiger charge is -2.14. The Morgan fingerprint density at radius 3 is 2.50 bits per heavy atom. The molecule has 0 saturated carbocycles. The number of aryl methyl sites for hydroxylation is 1. The highest BCUT2D eigenvalue weighted by Gasteiger charge is 2.43. The van der Waals surface area contributed by atoms with Crippen LogP contribution in [0.15, 0.2) is 24.3 Å². The number of rotatable bonds is 2. The molecule has 0 aliphatic rings. The molecule has 0 saturated heterocycles. The third kappa shape index (κ3) is 1.92. The molecule has 0 aromatic heterocycles. The lowest BCUT2D eigenvalue weighted by Crippen LogP contribution is -2.26. The Hall–Kier alpha value is -0.970. The average Bonchev–Trinajstić information content (AvgIpc) is 2.17. The van der Waals surface area contributed by atoms with Crippen molar-refractivity contribution < 1.29 is 17.4 Å². The zero-order valence-electron chi connectivity index (χ0n) is 7.26. The molecule has 0 unspecified atom stereocenters. The summed E-state index contributed by atoms with van der Waals surface area (Å²) in [5.74, 6) is -5.23. The summed E-state index contributed by atoms with van der Waals surface area (Å²) in [5, 5.41) is 0. The topological polar surface area (TPSA) is 26.3 Å². The number of halogens is 3. The molecule has 2 nitrogen and oxygen atoms in total. The first kappa shape index (κ1) is 11.1. The Morgan fingerprint density at radius 1 is 1.43 bits per heavy atom. The monoisotopic (exact) mass is 264 g/mol. The van der Waals surface area contributed by atoms with Gasteiger partial charge in [0.05, 0.1) is 0 Å². The highest BCUT2D eigenvalue weighted by atomic mass is 79.9. The summed E-state index contributed by atoms with van der Waals surface area (Å²) in [6.45, 7) is 1.50. The zero-order valence-corrected chi connectivity index (χ0v) is 8.85. The van der Waals surface area contributed by atoms with Crippen LogP contribution in [0.2, 0.25) is 0 Å². The van der Waals surface area contributed by atoms with Crippen LogP contribution in [0.1, 0.15) is 11.1 Å². The summed E-state index contributed by atoms with van der Waals surface area (Å²) in [6, 6.07) is 5.76. The van der Waals surface area contributed by atoms with Crippen LogP contribution in [0.3, 0.4) is 0 Å². The smallest absolute Gasteiger partial charge is 0.379 e. The van der Waals surface area contributed by atoms with Crippen molar-refractivity contribution in [3.63, 3.8) is 0 Å². The number of hydrogen-bond acceptors (Lipinski definition) is 2. The second kappa shape index (κ2) is 4.04. The van der Waals surface area contributed by atoms with Crippen LogP contribution < -0.4 is 0 Å². The molecule has 0 amide bonds. The first-order valence-corrected chi connectivity index (χ1v) is 4.42. The van der Waals surface area contributed by atoms with Crippen LogP contribution in [0.4, 0.5) is 8.78 Å². The third-order valence-electron chi connectivity index (χ3n) is 1.81. The van der Waals surface area contributed by atoms with Gasteiger partial charge >= 0.3 is 11.9 Å². The highest BCUT2D eigenvalue weighted by Crippen LogP contribution is 2.32. The van der Waals surface area contributed by atoms with Gasteiger partial charge in [-0.15, -0.1) is 0 Å². The molecular weight excluding hydrogens is 258 g/mol. The molecule has 0 spiro atoms. The number of alkyl halides is 2. The fourth-order valence-corrected chi connectivity index (χ4v) is 1.29. The normalized spacial score (nSPS) is 11.1. The van der Waals surface area contributed by atoms with Gasteiger partial charge in [0.1, 0.15) is 0 Å². The molecule has 0 aliphatic heterocycles. The van der Waals surface area contributed by atoms with E-state index in [-0.39, 0.29) is 5.56 Å². The maximum Gasteiger partial charge on any atom is 0.393 e. The summed E-state index contributed by atoms with van der Waals surface area (Å²) >= 11 is 2.24. The van der Waals surface area contributed by atoms with E-state index < -0.39 is 11.9 Å². The van der Waals surface area contributed by atoms with Gasteiger partial charge in [0.2, 0.25) is 0 Å². The zero-order chi connectivity index (χ0) is 10.8. The summed E-state index contributed by atoms with van der Waals surface area (Å²) in [6.07, 6.45) is 0. The molecule has 0 aliphatic carbocycles. The molecular formula is C9H7BrF2O2. The van der Waals surface area contributed by atoms with Crippen LogP contribution in [-0.4, -0.2) is 5.97 Å². The Labute approximate surface area is 88.3 Å². The van der Waals surface area contributed by atoms with Crippen LogP contribution in [0, 0.1) is 6.92 Å². The van der Waals surface area contributed by atoms with Crippen LogP contribution >= 0.6 is 16.3 Å². The minimum Gasteiger partial charge on any atom is -0.379 e. The van der Waals surface area contributed by atoms with Gasteiger partial charge in [-0.25, -0.2) is 4.79 Å². The molecule has 14 heavy (non-hydrogen) atoms. The summed E-state index contributed by atoms with van der Waals surface area (Å²) in [4.78, 5) is 10.8. The second-order valence-electron chi connectivity index (χ2n) is 2.75. The molecule has 0 radical (unpaired) electrons. The molecule has 1 aromatic rings. The van der Waals surface area contributed by atoms with Crippen LogP contribution in [0.5, 0.6) is 0 Å². The van der Waals surface area contributed by atoms with Crippen molar-refractivity contribution in [2.24, 2.45) is 0 Å². The van der Waals surface area contributed by atoms with Crippen LogP contribution in [-0.2, 0) is 14.5 Å². The van der Waals surface area contributed by atoms with E-state index >= 15 is 0 Å². The Morgan fingerprint density at radius 2 is 2.00 bits per heavy atom. The lowest BCUT2D eigenvalue weighted by molar-refractivity contribution is -0.160. The predicted octanol–water partition coefficient (Wildman–Crippen LogP) is 2.94. The molecule has 1 rings (SSSR count). The summed E-state index contributed by atoms with van der Waals surface area (Å²) in [7, 11) is 0. The van der Waals surface area contributed by atoms with E-state index in [0.29, 0.717) is 5.56 Å². The number of hydrogen-bond donors (Lipinski definition) is 0. The third-order valence-corrected chi connectivity index (χ3v) is 2.10. The molecule has 0 fully saturated rings. The van der Waals surface area contributed by atoms with E-state index in [0.717, 1.165) is 0 Å². The molecule has 0 atom stereocenters. The van der Waals surface area contributed by atoms with Gasteiger partial charge in [0, 0.05) is 5.56 Å². The van der Waals surface area contributed by atoms with Gasteiger partial charge in [-0.2, -0.15) is 8.78 Å². The molecule has 0 bridgehead atoms. The van der Waals surface area contributed by atoms with Crippen molar-refractivity contribution in [2.45, 2.75) is 12.8 Å². The van der Waals surface area contributed by atoms with E-state index in [4.69, 9.17) is 0 Å². The molecule has 76 valence electrons. The molecule has 0 heterocycles. The van der Waals surface area contributed by atoms with E-state index in [2.05, 4.69) is 20.1 Å². The maximum absolute atomic E-state index is 13.3. The first-order valence-electron chi connectivity index (χ1n) is 3.77. The Bertz CT molecular complexity index is 352. The molecule has 0 N–H and O–H groups in total. The largest absolute Gasteiger partial charge is 0.393 e. The van der Waals surface area contributed by atoms with Crippen molar-refractivity contribution in [1.29, 1.82) is 0 Å². The Kier molecular flexibility index (Phi) is 3.21. The summed E-state index contributed by atoms with van der Waals surface area (Å²) in [5.41, 5.74) is -0.000139. The van der Waals surface area contributed by atoms with E-state index in [1.165, 1.54) is 25.1 Å². The predicted molar refractivity (Wildman–Crippen MR) is 50.1 cm³/mol. The van der Waals surface area contributed by atoms with Gasteiger partial charge in [0.15, 0.2) is 16.3 Å². The SMILES string of the molecule is Cc1ccccc1C(F)(F)C(=O)OBr. The standard InChI is InChI=1S/C9H7BrF2O2/c1-6-4-2-3-5-7(6)9(11,12)8(13)14-10/h2-5H,1H3. The quantitative estimate of drug-likeness (QED) is 0.821. The Balaban J connectivity index is 3.16. The second-order valence-corrected chi connectivity index (χ2v) is 3.08. The fraction of sp³-hybridized carbons (Fsp3) is 0.222. The molecule has 1 aromatic carbocycles. The lowest BCUT2D eigenvalue weighted by atomic mass is 10.0. The van der Waals surface area contributed by atoms with Crippen molar-refractivity contribution in [1.82, 2.24) is 0 Å². The van der Waals surface area contributed by atoms with E-state index in [1.54, 1.807) is 6.07 Å².